The number of carboxylic acids is 1. The molecular weight excluding hydrogens is 242 g/mol. The highest BCUT2D eigenvalue weighted by atomic mass is 32.2. The molecule has 1 aliphatic rings. The van der Waals surface area contributed by atoms with E-state index < -0.39 is 12.0 Å². The summed E-state index contributed by atoms with van der Waals surface area (Å²) in [6.45, 7) is 3.62. The zero-order chi connectivity index (χ0) is 13.0. The third-order valence-electron chi connectivity index (χ3n) is 2.77. The summed E-state index contributed by atoms with van der Waals surface area (Å²) in [4.78, 5) is 35.0. The van der Waals surface area contributed by atoms with Gasteiger partial charge in [0.1, 0.15) is 0 Å². The van der Waals surface area contributed by atoms with Gasteiger partial charge in [0.05, 0.1) is 12.0 Å². The van der Waals surface area contributed by atoms with Crippen molar-refractivity contribution in [2.24, 2.45) is 5.92 Å². The molecule has 2 atom stereocenters. The van der Waals surface area contributed by atoms with E-state index in [2.05, 4.69) is 0 Å². The van der Waals surface area contributed by atoms with Gasteiger partial charge in [-0.25, -0.2) is 0 Å². The maximum absolute atomic E-state index is 12.0. The van der Waals surface area contributed by atoms with E-state index in [0.717, 1.165) is 11.8 Å². The molecule has 0 unspecified atom stereocenters. The molecule has 96 valence electrons. The van der Waals surface area contributed by atoms with Crippen molar-refractivity contribution in [1.29, 1.82) is 0 Å². The lowest BCUT2D eigenvalue weighted by Crippen LogP contribution is -2.48. The number of amides is 1. The molecular formula is C11H16NO4S-. The average Bonchev–Trinajstić information content (AvgIpc) is 2.73. The Morgan fingerprint density at radius 3 is 2.65 bits per heavy atom. The van der Waals surface area contributed by atoms with Crippen LogP contribution in [0.2, 0.25) is 0 Å². The maximum Gasteiger partial charge on any atom is 0.226 e. The van der Waals surface area contributed by atoms with Crippen molar-refractivity contribution in [1.82, 2.24) is 4.90 Å². The first-order valence-electron chi connectivity index (χ1n) is 5.58. The molecule has 0 radical (unpaired) electrons. The predicted octanol–water partition coefficient (Wildman–Crippen LogP) is -0.357. The zero-order valence-electron chi connectivity index (χ0n) is 9.97. The number of nitrogens with zero attached hydrogens (tertiary/aromatic N) is 1. The van der Waals surface area contributed by atoms with Crippen LogP contribution >= 0.6 is 11.8 Å². The van der Waals surface area contributed by atoms with Crippen LogP contribution in [0, 0.1) is 5.92 Å². The van der Waals surface area contributed by atoms with Crippen molar-refractivity contribution in [2.75, 3.05) is 12.3 Å². The van der Waals surface area contributed by atoms with Crippen molar-refractivity contribution in [3.63, 3.8) is 0 Å². The molecule has 0 saturated carbocycles. The number of carbonyl (C=O) groups is 3. The number of hydrogen-bond acceptors (Lipinski definition) is 5. The summed E-state index contributed by atoms with van der Waals surface area (Å²) < 4.78 is 0. The summed E-state index contributed by atoms with van der Waals surface area (Å²) >= 11 is 1.09. The van der Waals surface area contributed by atoms with Gasteiger partial charge in [0.2, 0.25) is 5.91 Å². The van der Waals surface area contributed by atoms with Crippen molar-refractivity contribution in [3.05, 3.63) is 0 Å². The van der Waals surface area contributed by atoms with Crippen LogP contribution in [0.5, 0.6) is 0 Å². The van der Waals surface area contributed by atoms with Crippen molar-refractivity contribution >= 4 is 28.8 Å². The maximum atomic E-state index is 12.0. The summed E-state index contributed by atoms with van der Waals surface area (Å²) in [6.07, 6.45) is 1.15. The van der Waals surface area contributed by atoms with E-state index in [0.29, 0.717) is 25.1 Å². The number of likely N-dealkylation sites (tertiary alicyclic amines) is 1. The van der Waals surface area contributed by atoms with Gasteiger partial charge in [0.25, 0.3) is 0 Å². The molecule has 1 amide bonds. The normalized spacial score (nSPS) is 21.3. The molecule has 0 bridgehead atoms. The molecule has 1 aliphatic heterocycles. The minimum Gasteiger partial charge on any atom is -0.548 e. The molecule has 17 heavy (non-hydrogen) atoms. The second kappa shape index (κ2) is 6.05. The SMILES string of the molecule is CC(=O)SC[C@H](C)C(=O)N1CCC[C@@H]1C(=O)[O-]. The van der Waals surface area contributed by atoms with Gasteiger partial charge in [0.15, 0.2) is 5.12 Å². The lowest BCUT2D eigenvalue weighted by Gasteiger charge is -2.27. The summed E-state index contributed by atoms with van der Waals surface area (Å²) in [5.41, 5.74) is 0. The van der Waals surface area contributed by atoms with Gasteiger partial charge < -0.3 is 14.8 Å². The number of thioether (sulfide) groups is 1. The van der Waals surface area contributed by atoms with E-state index in [-0.39, 0.29) is 16.9 Å². The van der Waals surface area contributed by atoms with Crippen LogP contribution in [0.4, 0.5) is 0 Å². The number of aliphatic carboxylic acids is 1. The molecule has 0 aromatic rings. The van der Waals surface area contributed by atoms with Crippen LogP contribution in [0.15, 0.2) is 0 Å². The molecule has 1 heterocycles. The minimum atomic E-state index is -1.19. The van der Waals surface area contributed by atoms with Gasteiger partial charge in [-0.3, -0.25) is 9.59 Å². The second-order valence-electron chi connectivity index (χ2n) is 4.21. The molecule has 0 N–H and O–H groups in total. The van der Waals surface area contributed by atoms with Crippen LogP contribution in [0.25, 0.3) is 0 Å². The van der Waals surface area contributed by atoms with E-state index in [4.69, 9.17) is 0 Å². The Bertz CT molecular complexity index is 331. The fourth-order valence-electron chi connectivity index (χ4n) is 1.87. The zero-order valence-corrected chi connectivity index (χ0v) is 10.8. The third-order valence-corrected chi connectivity index (χ3v) is 3.84. The Labute approximate surface area is 105 Å². The summed E-state index contributed by atoms with van der Waals surface area (Å²) in [6, 6.07) is -0.799. The lowest BCUT2D eigenvalue weighted by atomic mass is 10.1. The van der Waals surface area contributed by atoms with E-state index >= 15 is 0 Å². The second-order valence-corrected chi connectivity index (χ2v) is 5.41. The first kappa shape index (κ1) is 14.0. The highest BCUT2D eigenvalue weighted by molar-refractivity contribution is 8.13. The van der Waals surface area contributed by atoms with Crippen molar-refractivity contribution in [2.45, 2.75) is 32.7 Å². The average molecular weight is 258 g/mol. The third kappa shape index (κ3) is 3.73. The Morgan fingerprint density at radius 2 is 2.12 bits per heavy atom. The van der Waals surface area contributed by atoms with Gasteiger partial charge in [-0.05, 0) is 12.8 Å². The summed E-state index contributed by atoms with van der Waals surface area (Å²) in [5.74, 6) is -1.35. The Kier molecular flexibility index (Phi) is 4.99. The van der Waals surface area contributed by atoms with Crippen molar-refractivity contribution < 1.29 is 19.5 Å². The van der Waals surface area contributed by atoms with Gasteiger partial charge >= 0.3 is 0 Å². The quantitative estimate of drug-likeness (QED) is 0.688. The molecule has 1 saturated heterocycles. The molecule has 5 nitrogen and oxygen atoms in total. The first-order chi connectivity index (χ1) is 7.93. The highest BCUT2D eigenvalue weighted by Crippen LogP contribution is 2.21. The van der Waals surface area contributed by atoms with Crippen LogP contribution in [-0.2, 0) is 14.4 Å². The Morgan fingerprint density at radius 1 is 1.47 bits per heavy atom. The largest absolute Gasteiger partial charge is 0.548 e. The summed E-state index contributed by atoms with van der Waals surface area (Å²) in [5, 5.41) is 10.8. The fourth-order valence-corrected chi connectivity index (χ4v) is 2.50. The highest BCUT2D eigenvalue weighted by Gasteiger charge is 2.32. The molecule has 0 aromatic carbocycles. The topological polar surface area (TPSA) is 77.5 Å². The van der Waals surface area contributed by atoms with Crippen LogP contribution in [0.3, 0.4) is 0 Å². The number of carbonyl (C=O) groups excluding carboxylic acids is 3. The van der Waals surface area contributed by atoms with Gasteiger partial charge in [-0.15, -0.1) is 0 Å². The lowest BCUT2D eigenvalue weighted by molar-refractivity contribution is -0.310. The molecule has 6 heteroatoms. The smallest absolute Gasteiger partial charge is 0.226 e. The number of hydrogen-bond donors (Lipinski definition) is 0. The first-order valence-corrected chi connectivity index (χ1v) is 6.56. The molecule has 0 spiro atoms. The molecule has 1 rings (SSSR count). The Hall–Kier alpha value is -1.04. The van der Waals surface area contributed by atoms with E-state index in [1.807, 2.05) is 0 Å². The van der Waals surface area contributed by atoms with E-state index in [1.165, 1.54) is 11.8 Å². The molecule has 0 aromatic heterocycles. The minimum absolute atomic E-state index is 0.0393. The molecule has 1 fully saturated rings. The van der Waals surface area contributed by atoms with Crippen LogP contribution in [0.1, 0.15) is 26.7 Å². The fraction of sp³-hybridized carbons (Fsp3) is 0.727. The van der Waals surface area contributed by atoms with Crippen molar-refractivity contribution in [3.8, 4) is 0 Å². The van der Waals surface area contributed by atoms with E-state index in [1.54, 1.807) is 6.92 Å². The monoisotopic (exact) mass is 258 g/mol. The number of rotatable bonds is 4. The van der Waals surface area contributed by atoms with Crippen LogP contribution < -0.4 is 5.11 Å². The number of carboxylic acid groups (broad SMARTS) is 1. The predicted molar refractivity (Wildman–Crippen MR) is 62.0 cm³/mol. The van der Waals surface area contributed by atoms with E-state index in [9.17, 15) is 19.5 Å². The van der Waals surface area contributed by atoms with Crippen LogP contribution in [-0.4, -0.2) is 40.2 Å². The summed E-state index contributed by atoms with van der Waals surface area (Å²) in [7, 11) is 0. The molecule has 0 aliphatic carbocycles. The van der Waals surface area contributed by atoms with Gasteiger partial charge in [0, 0.05) is 25.1 Å². The van der Waals surface area contributed by atoms with Gasteiger partial charge in [-0.2, -0.15) is 0 Å². The van der Waals surface area contributed by atoms with Gasteiger partial charge in [-0.1, -0.05) is 18.7 Å². The standard InChI is InChI=1S/C11H17NO4S/c1-7(6-17-8(2)13)10(14)12-5-3-4-9(12)11(15)16/h7,9H,3-6H2,1-2H3,(H,15,16)/p-1/t7-,9+/m0/s1. The Balaban J connectivity index is 2.56.